The molecule has 1 N–H and O–H groups in total. The summed E-state index contributed by atoms with van der Waals surface area (Å²) in [7, 11) is 1.65. The van der Waals surface area contributed by atoms with Crippen LogP contribution in [-0.2, 0) is 11.3 Å². The molecule has 0 radical (unpaired) electrons. The Labute approximate surface area is 137 Å². The zero-order chi connectivity index (χ0) is 16.1. The standard InChI is InChI=1S/C18H26N2O3/c1-22-13-15-8-9-17(23-15)16-7-4-12-20(16)18(21)19-11-10-14-5-2-3-6-14/h5,8-9,16H,2-4,6-7,10-13H2,1H3,(H,19,21)/t16-/m0/s1. The van der Waals surface area contributed by atoms with Gasteiger partial charge in [-0.05, 0) is 50.7 Å². The van der Waals surface area contributed by atoms with E-state index in [2.05, 4.69) is 11.4 Å². The topological polar surface area (TPSA) is 54.7 Å². The van der Waals surface area contributed by atoms with Gasteiger partial charge in [0.1, 0.15) is 18.1 Å². The molecule has 2 amide bonds. The van der Waals surface area contributed by atoms with E-state index in [1.54, 1.807) is 7.11 Å². The van der Waals surface area contributed by atoms with Crippen LogP contribution in [0.1, 0.15) is 56.1 Å². The normalized spacial score (nSPS) is 20.8. The van der Waals surface area contributed by atoms with Crippen molar-refractivity contribution in [2.45, 2.75) is 51.2 Å². The van der Waals surface area contributed by atoms with Gasteiger partial charge in [0.2, 0.25) is 0 Å². The number of nitrogens with zero attached hydrogens (tertiary/aromatic N) is 1. The number of urea groups is 1. The average Bonchev–Trinajstić information content (AvgIpc) is 3.28. The summed E-state index contributed by atoms with van der Waals surface area (Å²) in [6.07, 6.45) is 8.91. The fourth-order valence-corrected chi connectivity index (χ4v) is 3.49. The van der Waals surface area contributed by atoms with E-state index in [0.717, 1.165) is 43.9 Å². The number of amides is 2. The molecule has 0 bridgehead atoms. The lowest BCUT2D eigenvalue weighted by atomic mass is 10.1. The second kappa shape index (κ2) is 7.68. The first-order chi connectivity index (χ1) is 11.3. The SMILES string of the molecule is COCc1ccc([C@@H]2CCCN2C(=O)NCCC2=CCCC2)o1. The molecule has 0 unspecified atom stereocenters. The minimum atomic E-state index is 0.0239. The molecule has 23 heavy (non-hydrogen) atoms. The molecule has 1 aliphatic heterocycles. The third kappa shape index (κ3) is 3.96. The van der Waals surface area contributed by atoms with E-state index < -0.39 is 0 Å². The summed E-state index contributed by atoms with van der Waals surface area (Å²) < 4.78 is 10.9. The van der Waals surface area contributed by atoms with Gasteiger partial charge in [0.15, 0.2) is 0 Å². The van der Waals surface area contributed by atoms with Crippen LogP contribution < -0.4 is 5.32 Å². The molecule has 1 aromatic heterocycles. The lowest BCUT2D eigenvalue weighted by molar-refractivity contribution is 0.156. The van der Waals surface area contributed by atoms with Crippen molar-refractivity contribution in [3.8, 4) is 0 Å². The van der Waals surface area contributed by atoms with Gasteiger partial charge in [-0.25, -0.2) is 4.79 Å². The van der Waals surface area contributed by atoms with Gasteiger partial charge in [-0.2, -0.15) is 0 Å². The molecule has 2 aliphatic rings. The van der Waals surface area contributed by atoms with Gasteiger partial charge in [-0.3, -0.25) is 0 Å². The van der Waals surface area contributed by atoms with Crippen LogP contribution in [0.4, 0.5) is 4.79 Å². The number of likely N-dealkylation sites (tertiary alicyclic amines) is 1. The molecule has 3 rings (SSSR count). The Hall–Kier alpha value is -1.75. The highest BCUT2D eigenvalue weighted by atomic mass is 16.5. The second-order valence-electron chi connectivity index (χ2n) is 6.33. The first-order valence-corrected chi connectivity index (χ1v) is 8.58. The van der Waals surface area contributed by atoms with Gasteiger partial charge in [0.25, 0.3) is 0 Å². The lowest BCUT2D eigenvalue weighted by Gasteiger charge is -2.23. The van der Waals surface area contributed by atoms with Gasteiger partial charge >= 0.3 is 6.03 Å². The van der Waals surface area contributed by atoms with Gasteiger partial charge in [0, 0.05) is 20.2 Å². The van der Waals surface area contributed by atoms with Crippen molar-refractivity contribution in [2.75, 3.05) is 20.2 Å². The summed E-state index contributed by atoms with van der Waals surface area (Å²) in [6.45, 7) is 1.98. The zero-order valence-electron chi connectivity index (χ0n) is 13.8. The third-order valence-electron chi connectivity index (χ3n) is 4.67. The van der Waals surface area contributed by atoms with Gasteiger partial charge in [0.05, 0.1) is 6.04 Å². The number of carbonyl (C=O) groups excluding carboxylic acids is 1. The Morgan fingerprint density at radius 3 is 3.13 bits per heavy atom. The highest BCUT2D eigenvalue weighted by molar-refractivity contribution is 5.75. The predicted molar refractivity (Wildman–Crippen MR) is 88.1 cm³/mol. The number of nitrogens with one attached hydrogen (secondary N) is 1. The molecule has 1 saturated heterocycles. The number of ether oxygens (including phenoxy) is 1. The molecular formula is C18H26N2O3. The fraction of sp³-hybridized carbons (Fsp3) is 0.611. The van der Waals surface area contributed by atoms with Crippen LogP contribution in [0.3, 0.4) is 0 Å². The molecule has 0 saturated carbocycles. The number of furan rings is 1. The summed E-state index contributed by atoms with van der Waals surface area (Å²) in [5, 5.41) is 3.06. The Morgan fingerprint density at radius 1 is 1.43 bits per heavy atom. The molecule has 1 atom stereocenters. The molecule has 5 heteroatoms. The van der Waals surface area contributed by atoms with E-state index in [-0.39, 0.29) is 12.1 Å². The van der Waals surface area contributed by atoms with Crippen LogP contribution in [0.25, 0.3) is 0 Å². The molecule has 0 aromatic carbocycles. The van der Waals surface area contributed by atoms with Crippen LogP contribution >= 0.6 is 0 Å². The fourth-order valence-electron chi connectivity index (χ4n) is 3.49. The largest absolute Gasteiger partial charge is 0.461 e. The van der Waals surface area contributed by atoms with Crippen molar-refractivity contribution >= 4 is 6.03 Å². The van der Waals surface area contributed by atoms with E-state index in [1.165, 1.54) is 24.8 Å². The van der Waals surface area contributed by atoms with Crippen LogP contribution in [0, 0.1) is 0 Å². The number of rotatable bonds is 6. The summed E-state index contributed by atoms with van der Waals surface area (Å²) in [5.41, 5.74) is 1.48. The van der Waals surface area contributed by atoms with E-state index in [9.17, 15) is 4.79 Å². The van der Waals surface area contributed by atoms with Crippen LogP contribution in [0.15, 0.2) is 28.2 Å². The molecule has 1 aromatic rings. The van der Waals surface area contributed by atoms with Gasteiger partial charge in [-0.1, -0.05) is 11.6 Å². The highest BCUT2D eigenvalue weighted by Gasteiger charge is 2.32. The Morgan fingerprint density at radius 2 is 2.35 bits per heavy atom. The first kappa shape index (κ1) is 16.1. The number of hydrogen-bond acceptors (Lipinski definition) is 3. The zero-order valence-corrected chi connectivity index (χ0v) is 13.8. The maximum absolute atomic E-state index is 12.5. The molecule has 0 spiro atoms. The number of carbonyl (C=O) groups is 1. The van der Waals surface area contributed by atoms with E-state index >= 15 is 0 Å². The monoisotopic (exact) mass is 318 g/mol. The average molecular weight is 318 g/mol. The molecule has 2 heterocycles. The van der Waals surface area contributed by atoms with Crippen molar-refractivity contribution in [3.05, 3.63) is 35.3 Å². The molecule has 1 fully saturated rings. The predicted octanol–water partition coefficient (Wildman–Crippen LogP) is 3.77. The van der Waals surface area contributed by atoms with E-state index in [4.69, 9.17) is 9.15 Å². The van der Waals surface area contributed by atoms with E-state index in [0.29, 0.717) is 6.61 Å². The Bertz CT molecular complexity index is 564. The van der Waals surface area contributed by atoms with Crippen molar-refractivity contribution in [1.82, 2.24) is 10.2 Å². The van der Waals surface area contributed by atoms with E-state index in [1.807, 2.05) is 17.0 Å². The van der Waals surface area contributed by atoms with Crippen molar-refractivity contribution in [1.29, 1.82) is 0 Å². The van der Waals surface area contributed by atoms with Crippen molar-refractivity contribution in [2.24, 2.45) is 0 Å². The summed E-state index contributed by atoms with van der Waals surface area (Å²) in [4.78, 5) is 14.4. The minimum absolute atomic E-state index is 0.0239. The quantitative estimate of drug-likeness (QED) is 0.812. The smallest absolute Gasteiger partial charge is 0.318 e. The van der Waals surface area contributed by atoms with Crippen molar-refractivity contribution in [3.63, 3.8) is 0 Å². The van der Waals surface area contributed by atoms with Crippen molar-refractivity contribution < 1.29 is 13.9 Å². The first-order valence-electron chi connectivity index (χ1n) is 8.58. The summed E-state index contributed by atoms with van der Waals surface area (Å²) >= 11 is 0. The highest BCUT2D eigenvalue weighted by Crippen LogP contribution is 2.33. The second-order valence-corrected chi connectivity index (χ2v) is 6.33. The summed E-state index contributed by atoms with van der Waals surface area (Å²) in [5.74, 6) is 1.67. The van der Waals surface area contributed by atoms with Crippen LogP contribution in [0.5, 0.6) is 0 Å². The maximum atomic E-state index is 12.5. The number of methoxy groups -OCH3 is 1. The van der Waals surface area contributed by atoms with Gasteiger partial charge in [-0.15, -0.1) is 0 Å². The van der Waals surface area contributed by atoms with Gasteiger partial charge < -0.3 is 19.4 Å². The van der Waals surface area contributed by atoms with Crippen LogP contribution in [-0.4, -0.2) is 31.1 Å². The number of allylic oxidation sites excluding steroid dienone is 1. The number of hydrogen-bond donors (Lipinski definition) is 1. The Balaban J connectivity index is 1.53. The minimum Gasteiger partial charge on any atom is -0.461 e. The molecule has 126 valence electrons. The summed E-state index contributed by atoms with van der Waals surface area (Å²) in [6, 6.07) is 3.97. The van der Waals surface area contributed by atoms with Crippen LogP contribution in [0.2, 0.25) is 0 Å². The molecule has 5 nitrogen and oxygen atoms in total. The molecular weight excluding hydrogens is 292 g/mol. The molecule has 1 aliphatic carbocycles. The maximum Gasteiger partial charge on any atom is 0.318 e. The third-order valence-corrected chi connectivity index (χ3v) is 4.67. The lowest BCUT2D eigenvalue weighted by Crippen LogP contribution is -2.39. The Kier molecular flexibility index (Phi) is 5.39.